The van der Waals surface area contributed by atoms with Gasteiger partial charge in [-0.2, -0.15) is 4.31 Å². The minimum Gasteiger partial charge on any atom is -0.348 e. The predicted molar refractivity (Wildman–Crippen MR) is 125 cm³/mol. The molecule has 1 amide bonds. The van der Waals surface area contributed by atoms with Crippen LogP contribution >= 0.6 is 0 Å². The number of hydrogen-bond donors (Lipinski definition) is 0. The Labute approximate surface area is 189 Å². The second kappa shape index (κ2) is 8.37. The zero-order valence-corrected chi connectivity index (χ0v) is 19.2. The van der Waals surface area contributed by atoms with Crippen molar-refractivity contribution < 1.29 is 13.2 Å². The molecule has 0 saturated carbocycles. The molecule has 7 heteroatoms. The van der Waals surface area contributed by atoms with E-state index in [1.807, 2.05) is 35.4 Å². The van der Waals surface area contributed by atoms with Gasteiger partial charge in [0.1, 0.15) is 0 Å². The summed E-state index contributed by atoms with van der Waals surface area (Å²) in [6.07, 6.45) is 4.28. The summed E-state index contributed by atoms with van der Waals surface area (Å²) in [5.41, 5.74) is 3.53. The minimum atomic E-state index is -3.64. The lowest BCUT2D eigenvalue weighted by molar-refractivity contribution is -0.137. The molecule has 0 spiro atoms. The van der Waals surface area contributed by atoms with Gasteiger partial charge in [0.2, 0.25) is 15.9 Å². The first-order valence-electron chi connectivity index (χ1n) is 11.4. The van der Waals surface area contributed by atoms with Crippen LogP contribution in [0.5, 0.6) is 0 Å². The van der Waals surface area contributed by atoms with Crippen molar-refractivity contribution in [3.63, 3.8) is 0 Å². The third-order valence-electron chi connectivity index (χ3n) is 6.90. The van der Waals surface area contributed by atoms with Crippen molar-refractivity contribution in [1.82, 2.24) is 13.8 Å². The van der Waals surface area contributed by atoms with Gasteiger partial charge in [-0.3, -0.25) is 4.79 Å². The second-order valence-electron chi connectivity index (χ2n) is 8.80. The number of aryl methyl sites for hydroxylation is 1. The van der Waals surface area contributed by atoms with E-state index in [-0.39, 0.29) is 18.4 Å². The Morgan fingerprint density at radius 3 is 2.69 bits per heavy atom. The van der Waals surface area contributed by atoms with Crippen LogP contribution in [-0.2, 0) is 34.3 Å². The molecule has 2 aromatic carbocycles. The van der Waals surface area contributed by atoms with Crippen LogP contribution in [0.1, 0.15) is 30.9 Å². The fraction of sp³-hybridized carbons (Fsp3) is 0.400. The number of fused-ring (bicyclic) bond motifs is 2. The van der Waals surface area contributed by atoms with E-state index in [1.54, 1.807) is 12.1 Å². The van der Waals surface area contributed by atoms with E-state index in [4.69, 9.17) is 0 Å². The van der Waals surface area contributed by atoms with Gasteiger partial charge in [-0.25, -0.2) is 8.42 Å². The summed E-state index contributed by atoms with van der Waals surface area (Å²) in [6, 6.07) is 15.5. The average molecular weight is 452 g/mol. The lowest BCUT2D eigenvalue weighted by Gasteiger charge is -2.36. The number of carbonyl (C=O) groups is 1. The molecule has 3 heterocycles. The minimum absolute atomic E-state index is 0.0786. The average Bonchev–Trinajstić information content (AvgIpc) is 3.26. The molecule has 1 saturated heterocycles. The summed E-state index contributed by atoms with van der Waals surface area (Å²) in [5.74, 6) is -0.205. The Balaban J connectivity index is 1.33. The van der Waals surface area contributed by atoms with Gasteiger partial charge in [-0.15, -0.1) is 0 Å². The molecule has 2 aliphatic heterocycles. The fourth-order valence-electron chi connectivity index (χ4n) is 5.07. The number of hydrogen-bond acceptors (Lipinski definition) is 3. The normalized spacial score (nSPS) is 19.8. The van der Waals surface area contributed by atoms with E-state index < -0.39 is 10.0 Å². The first kappa shape index (κ1) is 21.2. The number of rotatable bonds is 4. The maximum Gasteiger partial charge on any atom is 0.243 e. The number of sulfonamides is 1. The van der Waals surface area contributed by atoms with E-state index in [0.29, 0.717) is 31.0 Å². The van der Waals surface area contributed by atoms with Gasteiger partial charge in [0.15, 0.2) is 0 Å². The van der Waals surface area contributed by atoms with Crippen molar-refractivity contribution in [3.8, 4) is 0 Å². The van der Waals surface area contributed by atoms with E-state index >= 15 is 0 Å². The van der Waals surface area contributed by atoms with Crippen LogP contribution in [0.15, 0.2) is 59.6 Å². The maximum absolute atomic E-state index is 13.4. The Morgan fingerprint density at radius 1 is 1.06 bits per heavy atom. The Hall–Kier alpha value is -2.64. The molecule has 1 aromatic heterocycles. The molecule has 0 unspecified atom stereocenters. The van der Waals surface area contributed by atoms with Crippen molar-refractivity contribution in [3.05, 3.63) is 65.9 Å². The molecular weight excluding hydrogens is 422 g/mol. The topological polar surface area (TPSA) is 62.6 Å². The van der Waals surface area contributed by atoms with E-state index in [9.17, 15) is 13.2 Å². The van der Waals surface area contributed by atoms with Crippen LogP contribution in [0.25, 0.3) is 10.9 Å². The second-order valence-corrected chi connectivity index (χ2v) is 10.7. The number of amides is 1. The van der Waals surface area contributed by atoms with Crippen LogP contribution in [0.4, 0.5) is 0 Å². The van der Waals surface area contributed by atoms with Gasteiger partial charge in [-0.05, 0) is 61.6 Å². The van der Waals surface area contributed by atoms with Gasteiger partial charge in [-0.1, -0.05) is 24.3 Å². The van der Waals surface area contributed by atoms with E-state index in [2.05, 4.69) is 23.6 Å². The van der Waals surface area contributed by atoms with Crippen LogP contribution in [-0.4, -0.2) is 47.7 Å². The summed E-state index contributed by atoms with van der Waals surface area (Å²) in [6.45, 7) is 4.94. The summed E-state index contributed by atoms with van der Waals surface area (Å²) in [4.78, 5) is 15.5. The standard InChI is InChI=1S/C25H29N3O3S/c1-2-26-14-12-20-16-23(9-10-24(20)26)32(30,31)28-13-5-8-22(18-28)25(29)27-15-11-19-6-3-4-7-21(19)17-27/h3-4,6-7,9-10,12,14,16,22H,2,5,8,11,13,15,17-18H2,1H3/t22-/m0/s1. The highest BCUT2D eigenvalue weighted by atomic mass is 32.2. The van der Waals surface area contributed by atoms with Crippen molar-refractivity contribution in [2.45, 2.75) is 44.2 Å². The lowest BCUT2D eigenvalue weighted by atomic mass is 9.95. The van der Waals surface area contributed by atoms with Gasteiger partial charge >= 0.3 is 0 Å². The smallest absolute Gasteiger partial charge is 0.243 e. The molecule has 0 aliphatic carbocycles. The summed E-state index contributed by atoms with van der Waals surface area (Å²) in [7, 11) is -3.64. The number of aromatic nitrogens is 1. The molecular formula is C25H29N3O3S. The first-order chi connectivity index (χ1) is 15.5. The SMILES string of the molecule is CCn1ccc2cc(S(=O)(=O)N3CCC[C@H](C(=O)N4CCc5ccccc5C4)C3)ccc21. The Bertz CT molecular complexity index is 1260. The van der Waals surface area contributed by atoms with Crippen LogP contribution in [0.3, 0.4) is 0 Å². The van der Waals surface area contributed by atoms with Crippen LogP contribution in [0, 0.1) is 5.92 Å². The van der Waals surface area contributed by atoms with Crippen molar-refractivity contribution >= 4 is 26.8 Å². The molecule has 0 bridgehead atoms. The number of benzene rings is 2. The quantitative estimate of drug-likeness (QED) is 0.608. The largest absolute Gasteiger partial charge is 0.348 e. The van der Waals surface area contributed by atoms with E-state index in [0.717, 1.165) is 30.3 Å². The first-order valence-corrected chi connectivity index (χ1v) is 12.9. The van der Waals surface area contributed by atoms with Gasteiger partial charge < -0.3 is 9.47 Å². The molecule has 1 atom stereocenters. The van der Waals surface area contributed by atoms with E-state index in [1.165, 1.54) is 15.4 Å². The molecule has 0 radical (unpaired) electrons. The maximum atomic E-state index is 13.4. The van der Waals surface area contributed by atoms with Crippen LogP contribution in [0.2, 0.25) is 0 Å². The molecule has 2 aliphatic rings. The molecule has 6 nitrogen and oxygen atoms in total. The van der Waals surface area contributed by atoms with Gasteiger partial charge in [0, 0.05) is 49.8 Å². The van der Waals surface area contributed by atoms with Crippen LogP contribution < -0.4 is 0 Å². The number of carbonyl (C=O) groups excluding carboxylic acids is 1. The molecule has 5 rings (SSSR count). The third-order valence-corrected chi connectivity index (χ3v) is 8.76. The van der Waals surface area contributed by atoms with Crippen molar-refractivity contribution in [2.24, 2.45) is 5.92 Å². The highest BCUT2D eigenvalue weighted by molar-refractivity contribution is 7.89. The van der Waals surface area contributed by atoms with Gasteiger partial charge in [0.05, 0.1) is 10.8 Å². The highest BCUT2D eigenvalue weighted by Gasteiger charge is 2.36. The van der Waals surface area contributed by atoms with Crippen molar-refractivity contribution in [1.29, 1.82) is 0 Å². The summed E-state index contributed by atoms with van der Waals surface area (Å²) >= 11 is 0. The van der Waals surface area contributed by atoms with Crippen molar-refractivity contribution in [2.75, 3.05) is 19.6 Å². The number of piperidine rings is 1. The molecule has 32 heavy (non-hydrogen) atoms. The number of nitrogens with zero attached hydrogens (tertiary/aromatic N) is 3. The summed E-state index contributed by atoms with van der Waals surface area (Å²) < 4.78 is 30.4. The third kappa shape index (κ3) is 3.73. The molecule has 0 N–H and O–H groups in total. The summed E-state index contributed by atoms with van der Waals surface area (Å²) in [5, 5.41) is 0.921. The molecule has 168 valence electrons. The Kier molecular flexibility index (Phi) is 5.55. The monoisotopic (exact) mass is 451 g/mol. The Morgan fingerprint density at radius 2 is 1.88 bits per heavy atom. The van der Waals surface area contributed by atoms with Gasteiger partial charge in [0.25, 0.3) is 0 Å². The zero-order valence-electron chi connectivity index (χ0n) is 18.4. The fourth-order valence-corrected chi connectivity index (χ4v) is 6.63. The lowest BCUT2D eigenvalue weighted by Crippen LogP contribution is -2.47. The highest BCUT2D eigenvalue weighted by Crippen LogP contribution is 2.29. The molecule has 3 aromatic rings. The zero-order chi connectivity index (χ0) is 22.3. The predicted octanol–water partition coefficient (Wildman–Crippen LogP) is 3.65. The molecule has 1 fully saturated rings.